The molecule has 0 saturated heterocycles. The van der Waals surface area contributed by atoms with Crippen molar-refractivity contribution in [1.82, 2.24) is 9.97 Å². The molecular formula is C25H33N3O4S2. The molecule has 0 aliphatic carbocycles. The van der Waals surface area contributed by atoms with E-state index in [0.29, 0.717) is 16.7 Å². The molecule has 0 aliphatic rings. The van der Waals surface area contributed by atoms with Crippen LogP contribution >= 0.6 is 22.7 Å². The van der Waals surface area contributed by atoms with E-state index in [0.717, 1.165) is 16.4 Å². The number of hydrogen-bond donors (Lipinski definition) is 2. The van der Waals surface area contributed by atoms with Crippen molar-refractivity contribution in [3.05, 3.63) is 63.7 Å². The second-order valence-electron chi connectivity index (χ2n) is 8.25. The van der Waals surface area contributed by atoms with E-state index in [2.05, 4.69) is 29.9 Å². The second-order valence-corrected chi connectivity index (χ2v) is 9.97. The number of methoxy groups -OCH3 is 2. The fourth-order valence-corrected chi connectivity index (χ4v) is 4.67. The van der Waals surface area contributed by atoms with Crippen molar-refractivity contribution in [1.29, 1.82) is 0 Å². The molecule has 184 valence electrons. The van der Waals surface area contributed by atoms with E-state index in [1.165, 1.54) is 35.9 Å². The first kappa shape index (κ1) is 27.7. The average Bonchev–Trinajstić information content (AvgIpc) is 3.45. The Morgan fingerprint density at radius 3 is 2.50 bits per heavy atom. The lowest BCUT2D eigenvalue weighted by Crippen LogP contribution is -2.22. The van der Waals surface area contributed by atoms with Gasteiger partial charge in [0.15, 0.2) is 0 Å². The Kier molecular flexibility index (Phi) is 10.4. The van der Waals surface area contributed by atoms with E-state index in [1.54, 1.807) is 20.1 Å². The van der Waals surface area contributed by atoms with Gasteiger partial charge >= 0.3 is 0 Å². The molecule has 9 heteroatoms. The van der Waals surface area contributed by atoms with Crippen molar-refractivity contribution in [2.45, 2.75) is 39.4 Å². The molecule has 2 aromatic rings. The summed E-state index contributed by atoms with van der Waals surface area (Å²) in [5.41, 5.74) is 5.57. The molecule has 2 rings (SSSR count). The Bertz CT molecular complexity index is 1060. The molecule has 0 aromatic carbocycles. The topological polar surface area (TPSA) is 108 Å². The molecule has 3 N–H and O–H groups in total. The Balaban J connectivity index is 2.14. The molecule has 0 radical (unpaired) electrons. The van der Waals surface area contributed by atoms with E-state index in [1.807, 2.05) is 42.0 Å². The minimum atomic E-state index is -1.16. The van der Waals surface area contributed by atoms with Crippen LogP contribution in [0.2, 0.25) is 0 Å². The highest BCUT2D eigenvalue weighted by Crippen LogP contribution is 2.31. The van der Waals surface area contributed by atoms with Gasteiger partial charge in [-0.15, -0.1) is 22.7 Å². The number of aromatic nitrogens is 2. The molecule has 3 atom stereocenters. The minimum absolute atomic E-state index is 0.219. The number of carbonyl (C=O) groups excluding carboxylic acids is 1. The van der Waals surface area contributed by atoms with E-state index in [4.69, 9.17) is 15.2 Å². The number of primary amides is 1. The van der Waals surface area contributed by atoms with Gasteiger partial charge in [-0.1, -0.05) is 45.1 Å². The first-order valence-corrected chi connectivity index (χ1v) is 12.6. The highest BCUT2D eigenvalue weighted by molar-refractivity contribution is 7.14. The van der Waals surface area contributed by atoms with Crippen LogP contribution in [0.25, 0.3) is 16.8 Å². The van der Waals surface area contributed by atoms with Crippen molar-refractivity contribution in [3.8, 4) is 10.7 Å². The molecule has 0 fully saturated rings. The van der Waals surface area contributed by atoms with Crippen LogP contribution < -0.4 is 5.73 Å². The standard InChI is InChI=1S/C25H33N3O4S2/c1-16(2)9-7-8-12-25(4,30)24-28-19(15-34-24)23-27-18(14-33-23)10-11-20(31-5)17(3)21(32-6)13-22(26)29/h7-17,20,30H,1-6H3,(H2,26,29)/b9-7+,11-10+,12-8+,21-13+/t17-,20+,25?/m1/s1. The molecule has 1 unspecified atom stereocenters. The third-order valence-corrected chi connectivity index (χ3v) is 6.85. The van der Waals surface area contributed by atoms with Crippen LogP contribution in [0.15, 0.2) is 53.0 Å². The second kappa shape index (κ2) is 12.8. The fourth-order valence-electron chi connectivity index (χ4n) is 3.01. The van der Waals surface area contributed by atoms with Crippen LogP contribution in [0.5, 0.6) is 0 Å². The predicted octanol–water partition coefficient (Wildman–Crippen LogP) is 4.92. The zero-order valence-electron chi connectivity index (χ0n) is 20.4. The molecule has 0 bridgehead atoms. The molecule has 7 nitrogen and oxygen atoms in total. The highest BCUT2D eigenvalue weighted by Gasteiger charge is 2.24. The first-order chi connectivity index (χ1) is 16.1. The van der Waals surface area contributed by atoms with Gasteiger partial charge in [-0.2, -0.15) is 0 Å². The number of rotatable bonds is 12. The lowest BCUT2D eigenvalue weighted by molar-refractivity contribution is -0.113. The largest absolute Gasteiger partial charge is 0.501 e. The van der Waals surface area contributed by atoms with Crippen LogP contribution in [-0.2, 0) is 19.9 Å². The number of nitrogens with two attached hydrogens (primary N) is 1. The number of thiazole rings is 2. The summed E-state index contributed by atoms with van der Waals surface area (Å²) in [6.45, 7) is 7.80. The molecular weight excluding hydrogens is 470 g/mol. The molecule has 0 aliphatic heterocycles. The van der Waals surface area contributed by atoms with Crippen molar-refractivity contribution in [2.24, 2.45) is 17.6 Å². The third kappa shape index (κ3) is 8.02. The summed E-state index contributed by atoms with van der Waals surface area (Å²) in [4.78, 5) is 20.5. The molecule has 0 spiro atoms. The summed E-state index contributed by atoms with van der Waals surface area (Å²) < 4.78 is 10.8. The molecule has 34 heavy (non-hydrogen) atoms. The number of aliphatic hydroxyl groups is 1. The summed E-state index contributed by atoms with van der Waals surface area (Å²) in [7, 11) is 3.08. The average molecular weight is 504 g/mol. The highest BCUT2D eigenvalue weighted by atomic mass is 32.1. The lowest BCUT2D eigenvalue weighted by atomic mass is 10.0. The van der Waals surface area contributed by atoms with Gasteiger partial charge in [-0.25, -0.2) is 9.97 Å². The quantitative estimate of drug-likeness (QED) is 0.242. The van der Waals surface area contributed by atoms with Crippen LogP contribution in [0.3, 0.4) is 0 Å². The van der Waals surface area contributed by atoms with Crippen LogP contribution in [0.1, 0.15) is 38.4 Å². The number of hydrogen-bond acceptors (Lipinski definition) is 8. The Morgan fingerprint density at radius 1 is 1.15 bits per heavy atom. The maximum Gasteiger partial charge on any atom is 0.244 e. The van der Waals surface area contributed by atoms with E-state index in [-0.39, 0.29) is 12.0 Å². The molecule has 2 heterocycles. The summed E-state index contributed by atoms with van der Waals surface area (Å²) >= 11 is 2.87. The van der Waals surface area contributed by atoms with Gasteiger partial charge in [-0.05, 0) is 25.0 Å². The van der Waals surface area contributed by atoms with Gasteiger partial charge in [0, 0.05) is 29.9 Å². The monoisotopic (exact) mass is 503 g/mol. The lowest BCUT2D eigenvalue weighted by Gasteiger charge is -2.21. The number of nitrogens with zero attached hydrogens (tertiary/aromatic N) is 2. The van der Waals surface area contributed by atoms with Crippen LogP contribution in [0.4, 0.5) is 0 Å². The third-order valence-electron chi connectivity index (χ3n) is 4.90. The molecule has 1 amide bonds. The number of allylic oxidation sites excluding steroid dienone is 3. The van der Waals surface area contributed by atoms with Gasteiger partial charge in [0.25, 0.3) is 0 Å². The zero-order chi connectivity index (χ0) is 25.3. The zero-order valence-corrected chi connectivity index (χ0v) is 22.0. The first-order valence-electron chi connectivity index (χ1n) is 10.8. The molecule has 2 aromatic heterocycles. The number of ether oxygens (including phenoxy) is 2. The van der Waals surface area contributed by atoms with Gasteiger partial charge in [0.05, 0.1) is 18.9 Å². The predicted molar refractivity (Wildman–Crippen MR) is 139 cm³/mol. The Labute approximate surface area is 209 Å². The minimum Gasteiger partial charge on any atom is -0.501 e. The van der Waals surface area contributed by atoms with Gasteiger partial charge in [0.1, 0.15) is 27.1 Å². The van der Waals surface area contributed by atoms with Gasteiger partial charge in [-0.3, -0.25) is 4.79 Å². The van der Waals surface area contributed by atoms with E-state index in [9.17, 15) is 9.90 Å². The maximum atomic E-state index is 11.2. The van der Waals surface area contributed by atoms with Crippen molar-refractivity contribution in [3.63, 3.8) is 0 Å². The van der Waals surface area contributed by atoms with Crippen molar-refractivity contribution in [2.75, 3.05) is 14.2 Å². The summed E-state index contributed by atoms with van der Waals surface area (Å²) in [6.07, 6.45) is 12.2. The Morgan fingerprint density at radius 2 is 1.88 bits per heavy atom. The van der Waals surface area contributed by atoms with E-state index < -0.39 is 11.5 Å². The van der Waals surface area contributed by atoms with E-state index >= 15 is 0 Å². The maximum absolute atomic E-state index is 11.2. The summed E-state index contributed by atoms with van der Waals surface area (Å²) in [5.74, 6) is 0.100. The van der Waals surface area contributed by atoms with Gasteiger partial charge in [0.2, 0.25) is 5.91 Å². The summed E-state index contributed by atoms with van der Waals surface area (Å²) in [6, 6.07) is 0. The summed E-state index contributed by atoms with van der Waals surface area (Å²) in [5, 5.41) is 16.0. The fraction of sp³-hybridized carbons (Fsp3) is 0.400. The normalized spacial score (nSPS) is 16.5. The SMILES string of the molecule is CO/C(=C/C(N)=O)[C@H](C)[C@H](/C=C/c1csc(-c2csc(C(C)(O)/C=C/C=C/C(C)C)n2)n1)OC. The van der Waals surface area contributed by atoms with Crippen molar-refractivity contribution < 1.29 is 19.4 Å². The Hall–Kier alpha value is -2.59. The van der Waals surface area contributed by atoms with Crippen molar-refractivity contribution >= 4 is 34.7 Å². The van der Waals surface area contributed by atoms with Gasteiger partial charge < -0.3 is 20.3 Å². The smallest absolute Gasteiger partial charge is 0.244 e. The van der Waals surface area contributed by atoms with Crippen LogP contribution in [-0.4, -0.2) is 41.3 Å². The number of carbonyl (C=O) groups is 1. The van der Waals surface area contributed by atoms with Crippen LogP contribution in [0, 0.1) is 11.8 Å². The molecule has 0 saturated carbocycles. The number of amides is 1.